The number of hydrogen-bond acceptors (Lipinski definition) is 2. The number of nitrogens with zero attached hydrogens (tertiary/aromatic N) is 1. The molecule has 1 aromatic rings. The van der Waals surface area contributed by atoms with Crippen LogP contribution in [-0.4, -0.2) is 6.21 Å². The van der Waals surface area contributed by atoms with Gasteiger partial charge in [-0.15, -0.1) is 0 Å². The van der Waals surface area contributed by atoms with Gasteiger partial charge in [-0.2, -0.15) is 5.10 Å². The number of rotatable bonds is 1. The molecule has 11 heavy (non-hydrogen) atoms. The Hall–Kier alpha value is -0.730. The van der Waals surface area contributed by atoms with Crippen LogP contribution in [0.2, 0.25) is 10.0 Å². The van der Waals surface area contributed by atoms with E-state index >= 15 is 0 Å². The van der Waals surface area contributed by atoms with Gasteiger partial charge in [-0.3, -0.25) is 0 Å². The number of nitrogens with two attached hydrogens (primary N) is 1. The van der Waals surface area contributed by atoms with E-state index in [1.807, 2.05) is 0 Å². The highest BCUT2D eigenvalue weighted by molar-refractivity contribution is 6.42. The summed E-state index contributed by atoms with van der Waals surface area (Å²) >= 11 is 11.4. The second-order valence-electron chi connectivity index (χ2n) is 1.95. The third-order valence-corrected chi connectivity index (χ3v) is 1.91. The summed E-state index contributed by atoms with van der Waals surface area (Å²) in [6.45, 7) is 0. The summed E-state index contributed by atoms with van der Waals surface area (Å²) in [6, 6.07) is 5.17. The average Bonchev–Trinajstić information content (AvgIpc) is 1.98. The summed E-state index contributed by atoms with van der Waals surface area (Å²) in [5.41, 5.74) is 0.835. The van der Waals surface area contributed by atoms with Crippen LogP contribution in [0.1, 0.15) is 5.56 Å². The molecule has 0 aliphatic heterocycles. The highest BCUT2D eigenvalue weighted by atomic mass is 35.5. The van der Waals surface area contributed by atoms with Gasteiger partial charge in [0.1, 0.15) is 0 Å². The van der Waals surface area contributed by atoms with Crippen molar-refractivity contribution in [1.82, 2.24) is 0 Å². The molecule has 0 radical (unpaired) electrons. The molecule has 0 aromatic heterocycles. The molecule has 0 atom stereocenters. The summed E-state index contributed by atoms with van der Waals surface area (Å²) in [5.74, 6) is 4.94. The van der Waals surface area contributed by atoms with E-state index < -0.39 is 0 Å². The van der Waals surface area contributed by atoms with Crippen LogP contribution in [0, 0.1) is 0 Å². The Labute approximate surface area is 74.6 Å². The molecule has 1 aromatic carbocycles. The first-order valence-electron chi connectivity index (χ1n) is 2.92. The number of hydrazone groups is 1. The Kier molecular flexibility index (Phi) is 2.74. The fourth-order valence-corrected chi connectivity index (χ4v) is 0.985. The largest absolute Gasteiger partial charge is 0.323 e. The molecule has 0 aliphatic carbocycles. The molecule has 0 amide bonds. The lowest BCUT2D eigenvalue weighted by Gasteiger charge is -1.95. The molecule has 0 saturated heterocycles. The lowest BCUT2D eigenvalue weighted by molar-refractivity contribution is 1.26. The van der Waals surface area contributed by atoms with Gasteiger partial charge in [0.15, 0.2) is 0 Å². The smallest absolute Gasteiger partial charge is 0.0598 e. The van der Waals surface area contributed by atoms with E-state index in [2.05, 4.69) is 5.10 Å². The van der Waals surface area contributed by atoms with Gasteiger partial charge in [0, 0.05) is 0 Å². The zero-order valence-electron chi connectivity index (χ0n) is 5.59. The van der Waals surface area contributed by atoms with E-state index in [-0.39, 0.29) is 0 Å². The second kappa shape index (κ2) is 3.60. The molecule has 0 fully saturated rings. The van der Waals surface area contributed by atoms with E-state index in [1.165, 1.54) is 6.21 Å². The van der Waals surface area contributed by atoms with E-state index in [9.17, 15) is 0 Å². The van der Waals surface area contributed by atoms with Crippen LogP contribution in [0.3, 0.4) is 0 Å². The van der Waals surface area contributed by atoms with Crippen LogP contribution in [-0.2, 0) is 0 Å². The maximum Gasteiger partial charge on any atom is 0.0598 e. The fraction of sp³-hybridized carbons (Fsp3) is 0. The van der Waals surface area contributed by atoms with Gasteiger partial charge in [-0.25, -0.2) is 0 Å². The lowest BCUT2D eigenvalue weighted by Crippen LogP contribution is -1.85. The maximum absolute atomic E-state index is 5.72. The summed E-state index contributed by atoms with van der Waals surface area (Å²) in [7, 11) is 0. The van der Waals surface area contributed by atoms with Crippen molar-refractivity contribution in [3.8, 4) is 0 Å². The third-order valence-electron chi connectivity index (χ3n) is 1.17. The van der Waals surface area contributed by atoms with Crippen LogP contribution < -0.4 is 5.84 Å². The fourth-order valence-electron chi connectivity index (χ4n) is 0.679. The highest BCUT2D eigenvalue weighted by Crippen LogP contribution is 2.21. The average molecular weight is 189 g/mol. The van der Waals surface area contributed by atoms with Crippen LogP contribution in [0.25, 0.3) is 0 Å². The Morgan fingerprint density at radius 3 is 2.55 bits per heavy atom. The molecule has 2 nitrogen and oxygen atoms in total. The zero-order chi connectivity index (χ0) is 8.27. The van der Waals surface area contributed by atoms with Crippen molar-refractivity contribution in [1.29, 1.82) is 0 Å². The van der Waals surface area contributed by atoms with E-state index in [0.29, 0.717) is 10.0 Å². The molecule has 58 valence electrons. The van der Waals surface area contributed by atoms with Gasteiger partial charge in [0.25, 0.3) is 0 Å². The van der Waals surface area contributed by atoms with Gasteiger partial charge in [0.2, 0.25) is 0 Å². The van der Waals surface area contributed by atoms with E-state index in [4.69, 9.17) is 29.0 Å². The Morgan fingerprint density at radius 1 is 1.27 bits per heavy atom. The van der Waals surface area contributed by atoms with Crippen molar-refractivity contribution in [3.63, 3.8) is 0 Å². The van der Waals surface area contributed by atoms with Crippen molar-refractivity contribution in [2.24, 2.45) is 10.9 Å². The van der Waals surface area contributed by atoms with Crippen LogP contribution in [0.5, 0.6) is 0 Å². The molecular formula is C7H6Cl2N2. The summed E-state index contributed by atoms with van der Waals surface area (Å²) in [4.78, 5) is 0. The van der Waals surface area contributed by atoms with Gasteiger partial charge >= 0.3 is 0 Å². The van der Waals surface area contributed by atoms with Crippen molar-refractivity contribution < 1.29 is 0 Å². The van der Waals surface area contributed by atoms with Gasteiger partial charge in [-0.05, 0) is 17.7 Å². The number of hydrogen-bond donors (Lipinski definition) is 1. The first-order valence-corrected chi connectivity index (χ1v) is 3.68. The second-order valence-corrected chi connectivity index (χ2v) is 2.77. The maximum atomic E-state index is 5.72. The number of benzene rings is 1. The summed E-state index contributed by atoms with van der Waals surface area (Å²) in [6.07, 6.45) is 1.50. The van der Waals surface area contributed by atoms with Crippen molar-refractivity contribution in [3.05, 3.63) is 33.8 Å². The molecule has 0 spiro atoms. The van der Waals surface area contributed by atoms with Crippen molar-refractivity contribution >= 4 is 29.4 Å². The molecule has 0 bridgehead atoms. The topological polar surface area (TPSA) is 38.4 Å². The Bertz CT molecular complexity index is 284. The minimum Gasteiger partial charge on any atom is -0.323 e. The number of halogens is 2. The molecule has 0 heterocycles. The highest BCUT2D eigenvalue weighted by Gasteiger charge is 1.96. The molecule has 2 N–H and O–H groups in total. The van der Waals surface area contributed by atoms with Gasteiger partial charge < -0.3 is 5.84 Å². The molecule has 0 aliphatic rings. The predicted octanol–water partition coefficient (Wildman–Crippen LogP) is 2.29. The Balaban J connectivity index is 3.05. The van der Waals surface area contributed by atoms with Crippen LogP contribution in [0.15, 0.2) is 23.3 Å². The molecule has 0 saturated carbocycles. The zero-order valence-corrected chi connectivity index (χ0v) is 7.10. The van der Waals surface area contributed by atoms with Gasteiger partial charge in [-0.1, -0.05) is 29.3 Å². The van der Waals surface area contributed by atoms with Crippen molar-refractivity contribution in [2.75, 3.05) is 0 Å². The monoisotopic (exact) mass is 188 g/mol. The first kappa shape index (κ1) is 8.37. The SMILES string of the molecule is N/N=C/c1ccc(Cl)c(Cl)c1. The van der Waals surface area contributed by atoms with Crippen molar-refractivity contribution in [2.45, 2.75) is 0 Å². The summed E-state index contributed by atoms with van der Waals surface area (Å²) in [5, 5.41) is 4.38. The lowest BCUT2D eigenvalue weighted by atomic mass is 10.2. The molecule has 4 heteroatoms. The van der Waals surface area contributed by atoms with Gasteiger partial charge in [0.05, 0.1) is 16.3 Å². The van der Waals surface area contributed by atoms with E-state index in [1.54, 1.807) is 18.2 Å². The van der Waals surface area contributed by atoms with Crippen LogP contribution >= 0.6 is 23.2 Å². The minimum absolute atomic E-state index is 0.504. The van der Waals surface area contributed by atoms with E-state index in [0.717, 1.165) is 5.56 Å². The quantitative estimate of drug-likeness (QED) is 0.410. The third kappa shape index (κ3) is 2.10. The standard InChI is InChI=1S/C7H6Cl2N2/c8-6-2-1-5(4-11-10)3-7(6)9/h1-4H,10H2/b11-4+. The molecule has 1 rings (SSSR count). The first-order chi connectivity index (χ1) is 5.24. The predicted molar refractivity (Wildman–Crippen MR) is 48.2 cm³/mol. The Morgan fingerprint density at radius 2 is 2.00 bits per heavy atom. The normalized spacial score (nSPS) is 10.7. The summed E-state index contributed by atoms with van der Waals surface area (Å²) < 4.78 is 0. The molecular weight excluding hydrogens is 183 g/mol. The minimum atomic E-state index is 0.504. The molecule has 0 unspecified atom stereocenters. The van der Waals surface area contributed by atoms with Crippen LogP contribution in [0.4, 0.5) is 0 Å².